The smallest absolute Gasteiger partial charge is 0.408 e. The Morgan fingerprint density at radius 2 is 1.57 bits per heavy atom. The molecule has 1 amide bonds. The van der Waals surface area contributed by atoms with Gasteiger partial charge in [0.05, 0.1) is 0 Å². The molecule has 0 atom stereocenters. The fourth-order valence-electron chi connectivity index (χ4n) is 0.612. The fraction of sp³-hybridized carbons (Fsp3) is 0.778. The Morgan fingerprint density at radius 3 is 1.86 bits per heavy atom. The first kappa shape index (κ1) is 13.3. The molecule has 4 nitrogen and oxygen atoms in total. The van der Waals surface area contributed by atoms with E-state index < -0.39 is 22.3 Å². The summed E-state index contributed by atoms with van der Waals surface area (Å²) < 4.78 is 4.99. The Balaban J connectivity index is 4.27. The fourth-order valence-corrected chi connectivity index (χ4v) is 0.668. The van der Waals surface area contributed by atoms with Crippen LogP contribution in [0, 0.1) is 0 Å². The van der Waals surface area contributed by atoms with Crippen LogP contribution in [0.15, 0.2) is 0 Å². The third kappa shape index (κ3) is 5.11. The van der Waals surface area contributed by atoms with Gasteiger partial charge in [-0.2, -0.15) is 0 Å². The highest BCUT2D eigenvalue weighted by molar-refractivity contribution is 7.96. The van der Waals surface area contributed by atoms with E-state index in [9.17, 15) is 9.59 Å². The van der Waals surface area contributed by atoms with E-state index in [1.165, 1.54) is 0 Å². The average molecular weight is 219 g/mol. The zero-order valence-corrected chi connectivity index (χ0v) is 10.1. The van der Waals surface area contributed by atoms with Crippen molar-refractivity contribution in [2.24, 2.45) is 0 Å². The second-order valence-electron chi connectivity index (χ2n) is 4.56. The van der Waals surface area contributed by atoms with Gasteiger partial charge in [-0.1, -0.05) is 0 Å². The minimum atomic E-state index is -1.01. The third-order valence-corrected chi connectivity index (χ3v) is 1.91. The number of hydrogen-bond acceptors (Lipinski definition) is 3. The van der Waals surface area contributed by atoms with Crippen LogP contribution >= 0.6 is 12.6 Å². The number of carbonyl (C=O) groups excluding carboxylic acids is 2. The lowest BCUT2D eigenvalue weighted by atomic mass is 10.1. The van der Waals surface area contributed by atoms with Crippen molar-refractivity contribution in [1.82, 2.24) is 5.32 Å². The van der Waals surface area contributed by atoms with Gasteiger partial charge in [0.2, 0.25) is 5.12 Å². The second-order valence-corrected chi connectivity index (χ2v) is 4.96. The molecule has 0 fully saturated rings. The molecule has 0 saturated heterocycles. The summed E-state index contributed by atoms with van der Waals surface area (Å²) in [6, 6.07) is 0. The van der Waals surface area contributed by atoms with Gasteiger partial charge >= 0.3 is 6.09 Å². The Hall–Kier alpha value is -0.710. The molecular formula is C9H17NO3S. The van der Waals surface area contributed by atoms with Gasteiger partial charge < -0.3 is 10.1 Å². The van der Waals surface area contributed by atoms with Gasteiger partial charge in [-0.15, -0.1) is 12.6 Å². The molecule has 0 aromatic heterocycles. The average Bonchev–Trinajstić information content (AvgIpc) is 1.79. The summed E-state index contributed by atoms with van der Waals surface area (Å²) >= 11 is 3.66. The maximum absolute atomic E-state index is 11.3. The quantitative estimate of drug-likeness (QED) is 0.696. The van der Waals surface area contributed by atoms with Crippen LogP contribution in [0.5, 0.6) is 0 Å². The zero-order valence-electron chi connectivity index (χ0n) is 9.17. The van der Waals surface area contributed by atoms with Crippen molar-refractivity contribution in [3.8, 4) is 0 Å². The molecule has 0 rings (SSSR count). The van der Waals surface area contributed by atoms with Crippen molar-refractivity contribution < 1.29 is 14.3 Å². The number of amides is 1. The first-order chi connectivity index (χ1) is 6.04. The maximum atomic E-state index is 11.3. The lowest BCUT2D eigenvalue weighted by Crippen LogP contribution is -2.49. The first-order valence-electron chi connectivity index (χ1n) is 4.29. The number of carbonyl (C=O) groups is 2. The van der Waals surface area contributed by atoms with Gasteiger partial charge in [0.1, 0.15) is 11.1 Å². The molecule has 14 heavy (non-hydrogen) atoms. The number of hydrogen-bond donors (Lipinski definition) is 2. The highest BCUT2D eigenvalue weighted by Gasteiger charge is 2.29. The van der Waals surface area contributed by atoms with Gasteiger partial charge in [0.15, 0.2) is 0 Å². The van der Waals surface area contributed by atoms with Crippen LogP contribution in [0.2, 0.25) is 0 Å². The maximum Gasteiger partial charge on any atom is 0.408 e. The van der Waals surface area contributed by atoms with Crippen molar-refractivity contribution in [3.05, 3.63) is 0 Å². The molecule has 0 spiro atoms. The van der Waals surface area contributed by atoms with Crippen LogP contribution in [0.4, 0.5) is 4.79 Å². The van der Waals surface area contributed by atoms with Crippen molar-refractivity contribution in [2.75, 3.05) is 0 Å². The van der Waals surface area contributed by atoms with E-state index in [-0.39, 0.29) is 0 Å². The highest BCUT2D eigenvalue weighted by Crippen LogP contribution is 2.11. The molecule has 0 aliphatic heterocycles. The third-order valence-electron chi connectivity index (χ3n) is 1.35. The van der Waals surface area contributed by atoms with Crippen LogP contribution in [-0.4, -0.2) is 22.3 Å². The Labute approximate surface area is 89.8 Å². The molecule has 0 radical (unpaired) electrons. The van der Waals surface area contributed by atoms with E-state index in [1.54, 1.807) is 34.6 Å². The lowest BCUT2D eigenvalue weighted by molar-refractivity contribution is -0.115. The molecule has 5 heteroatoms. The molecule has 0 heterocycles. The number of nitrogens with one attached hydrogen (secondary N) is 1. The minimum Gasteiger partial charge on any atom is -0.444 e. The van der Waals surface area contributed by atoms with E-state index in [2.05, 4.69) is 17.9 Å². The predicted octanol–water partition coefficient (Wildman–Crippen LogP) is 1.75. The number of thiol groups is 1. The number of alkyl carbamates (subject to hydrolysis) is 1. The summed E-state index contributed by atoms with van der Waals surface area (Å²) in [5.41, 5.74) is -1.58. The van der Waals surface area contributed by atoms with Crippen LogP contribution in [0.25, 0.3) is 0 Å². The Bertz CT molecular complexity index is 243. The molecule has 0 saturated carbocycles. The Kier molecular flexibility index (Phi) is 4.00. The summed E-state index contributed by atoms with van der Waals surface area (Å²) in [5.74, 6) is 0. The molecule has 0 bridgehead atoms. The molecule has 1 N–H and O–H groups in total. The largest absolute Gasteiger partial charge is 0.444 e. The standard InChI is InChI=1S/C9H17NO3S/c1-8(2,3)13-7(12)10-9(4,5)6(11)14/h1-5H3,(H,10,12)(H,11,14). The van der Waals surface area contributed by atoms with E-state index in [0.29, 0.717) is 0 Å². The predicted molar refractivity (Wildman–Crippen MR) is 57.4 cm³/mol. The lowest BCUT2D eigenvalue weighted by Gasteiger charge is -2.25. The highest BCUT2D eigenvalue weighted by atomic mass is 32.1. The van der Waals surface area contributed by atoms with E-state index in [0.717, 1.165) is 0 Å². The van der Waals surface area contributed by atoms with Crippen LogP contribution in [0.3, 0.4) is 0 Å². The number of rotatable bonds is 2. The molecule has 0 unspecified atom stereocenters. The monoisotopic (exact) mass is 219 g/mol. The summed E-state index contributed by atoms with van der Waals surface area (Å²) in [6.45, 7) is 8.38. The topological polar surface area (TPSA) is 55.4 Å². The van der Waals surface area contributed by atoms with Gasteiger partial charge in [-0.05, 0) is 34.6 Å². The number of ether oxygens (including phenoxy) is 1. The van der Waals surface area contributed by atoms with Crippen LogP contribution in [-0.2, 0) is 9.53 Å². The van der Waals surface area contributed by atoms with Gasteiger partial charge in [-0.3, -0.25) is 4.79 Å². The summed E-state index contributed by atoms with van der Waals surface area (Å²) in [6.07, 6.45) is -0.620. The summed E-state index contributed by atoms with van der Waals surface area (Å²) in [5, 5.41) is 2.01. The second kappa shape index (κ2) is 4.21. The van der Waals surface area contributed by atoms with Crippen molar-refractivity contribution in [3.63, 3.8) is 0 Å². The first-order valence-corrected chi connectivity index (χ1v) is 4.74. The van der Waals surface area contributed by atoms with Crippen molar-refractivity contribution in [2.45, 2.75) is 45.8 Å². The van der Waals surface area contributed by atoms with Crippen molar-refractivity contribution >= 4 is 23.8 Å². The molecule has 0 aromatic rings. The van der Waals surface area contributed by atoms with E-state index in [1.807, 2.05) is 0 Å². The normalized spacial score (nSPS) is 12.1. The minimum absolute atomic E-state index is 0.414. The van der Waals surface area contributed by atoms with E-state index >= 15 is 0 Å². The molecule has 82 valence electrons. The summed E-state index contributed by atoms with van der Waals surface area (Å²) in [7, 11) is 0. The molecule has 0 aromatic carbocycles. The van der Waals surface area contributed by atoms with Crippen LogP contribution in [0.1, 0.15) is 34.6 Å². The SMILES string of the molecule is CC(C)(C)OC(=O)NC(C)(C)C(=O)S. The van der Waals surface area contributed by atoms with Gasteiger partial charge in [0.25, 0.3) is 0 Å². The summed E-state index contributed by atoms with van der Waals surface area (Å²) in [4.78, 5) is 22.2. The Morgan fingerprint density at radius 1 is 1.14 bits per heavy atom. The zero-order chi connectivity index (χ0) is 11.6. The molecule has 0 aliphatic rings. The molecule has 0 aliphatic carbocycles. The van der Waals surface area contributed by atoms with E-state index in [4.69, 9.17) is 4.74 Å². The molecular weight excluding hydrogens is 202 g/mol. The van der Waals surface area contributed by atoms with Gasteiger partial charge in [0, 0.05) is 0 Å². The van der Waals surface area contributed by atoms with Crippen molar-refractivity contribution in [1.29, 1.82) is 0 Å². The van der Waals surface area contributed by atoms with Gasteiger partial charge in [-0.25, -0.2) is 4.79 Å². The van der Waals surface area contributed by atoms with Crippen LogP contribution < -0.4 is 5.32 Å².